The predicted molar refractivity (Wildman–Crippen MR) is 111 cm³/mol. The van der Waals surface area contributed by atoms with Gasteiger partial charge in [0.15, 0.2) is 16.6 Å². The first-order valence-corrected chi connectivity index (χ1v) is 10.2. The Morgan fingerprint density at radius 2 is 2.08 bits per heavy atom. The molecule has 0 spiro atoms. The molecule has 0 fully saturated rings. The second-order valence-corrected chi connectivity index (χ2v) is 7.63. The molecule has 0 saturated heterocycles. The van der Waals surface area contributed by atoms with Crippen LogP contribution in [0.25, 0.3) is 0 Å². The summed E-state index contributed by atoms with van der Waals surface area (Å²) in [5.74, 6) is 1.39. The number of thiazole rings is 1. The normalized spacial score (nSPS) is 10.6. The van der Waals surface area contributed by atoms with E-state index in [1.54, 1.807) is 17.5 Å². The van der Waals surface area contributed by atoms with Crippen molar-refractivity contribution in [2.75, 3.05) is 11.9 Å². The van der Waals surface area contributed by atoms with E-state index in [0.717, 1.165) is 20.7 Å². The standard InChI is InChI=1S/C19H18BrClN2O2S/c1-2-24-17-10-14(11-23-19-22-6-7-26-19)9-16(20)18(17)25-12-13-4-3-5-15(21)8-13/h3-10H,2,11-12H2,1H3,(H,22,23). The number of benzene rings is 2. The monoisotopic (exact) mass is 452 g/mol. The lowest BCUT2D eigenvalue weighted by Gasteiger charge is -2.16. The van der Waals surface area contributed by atoms with Gasteiger partial charge >= 0.3 is 0 Å². The van der Waals surface area contributed by atoms with Gasteiger partial charge < -0.3 is 14.8 Å². The number of hydrogen-bond acceptors (Lipinski definition) is 5. The predicted octanol–water partition coefficient (Wildman–Crippen LogP) is 6.15. The van der Waals surface area contributed by atoms with Crippen LogP contribution in [0.1, 0.15) is 18.1 Å². The Hall–Kier alpha value is -1.76. The van der Waals surface area contributed by atoms with Crippen LogP contribution in [-0.2, 0) is 13.2 Å². The SMILES string of the molecule is CCOc1cc(CNc2nccs2)cc(Br)c1OCc1cccc(Cl)c1. The zero-order valence-corrected chi connectivity index (χ0v) is 17.3. The van der Waals surface area contributed by atoms with Crippen LogP contribution >= 0.6 is 38.9 Å². The first-order valence-electron chi connectivity index (χ1n) is 8.11. The lowest BCUT2D eigenvalue weighted by atomic mass is 10.2. The summed E-state index contributed by atoms with van der Waals surface area (Å²) in [5.41, 5.74) is 2.08. The van der Waals surface area contributed by atoms with Crippen molar-refractivity contribution >= 4 is 44.0 Å². The zero-order chi connectivity index (χ0) is 18.4. The molecular formula is C19H18BrClN2O2S. The number of hydrogen-bond donors (Lipinski definition) is 1. The fourth-order valence-electron chi connectivity index (χ4n) is 2.40. The summed E-state index contributed by atoms with van der Waals surface area (Å²) in [5, 5.41) is 6.82. The fraction of sp³-hybridized carbons (Fsp3) is 0.211. The van der Waals surface area contributed by atoms with E-state index in [1.165, 1.54) is 0 Å². The van der Waals surface area contributed by atoms with Crippen molar-refractivity contribution in [2.45, 2.75) is 20.1 Å². The van der Waals surface area contributed by atoms with E-state index in [1.807, 2.05) is 48.7 Å². The summed E-state index contributed by atoms with van der Waals surface area (Å²) in [4.78, 5) is 4.23. The highest BCUT2D eigenvalue weighted by atomic mass is 79.9. The van der Waals surface area contributed by atoms with Crippen LogP contribution in [0.4, 0.5) is 5.13 Å². The minimum Gasteiger partial charge on any atom is -0.490 e. The molecule has 0 aliphatic rings. The average molecular weight is 454 g/mol. The molecule has 0 aliphatic carbocycles. The number of anilines is 1. The Kier molecular flexibility index (Phi) is 6.77. The van der Waals surface area contributed by atoms with Gasteiger partial charge in [0.25, 0.3) is 0 Å². The van der Waals surface area contributed by atoms with Gasteiger partial charge in [0.2, 0.25) is 0 Å². The van der Waals surface area contributed by atoms with Crippen molar-refractivity contribution in [3.05, 3.63) is 68.6 Å². The summed E-state index contributed by atoms with van der Waals surface area (Å²) in [6.45, 7) is 3.58. The Balaban J connectivity index is 1.75. The largest absolute Gasteiger partial charge is 0.490 e. The molecule has 0 saturated carbocycles. The Bertz CT molecular complexity index is 859. The second-order valence-electron chi connectivity index (χ2n) is 5.45. The van der Waals surface area contributed by atoms with Crippen molar-refractivity contribution in [3.8, 4) is 11.5 Å². The topological polar surface area (TPSA) is 43.4 Å². The Labute approximate surface area is 170 Å². The highest BCUT2D eigenvalue weighted by molar-refractivity contribution is 9.10. The molecule has 0 aliphatic heterocycles. The van der Waals surface area contributed by atoms with Crippen molar-refractivity contribution in [1.82, 2.24) is 4.98 Å². The third-order valence-electron chi connectivity index (χ3n) is 3.52. The van der Waals surface area contributed by atoms with E-state index < -0.39 is 0 Å². The molecule has 4 nitrogen and oxygen atoms in total. The van der Waals surface area contributed by atoms with Crippen molar-refractivity contribution < 1.29 is 9.47 Å². The minimum absolute atomic E-state index is 0.413. The molecule has 0 amide bonds. The smallest absolute Gasteiger partial charge is 0.182 e. The van der Waals surface area contributed by atoms with Crippen LogP contribution in [0.15, 0.2) is 52.4 Å². The molecule has 3 aromatic rings. The van der Waals surface area contributed by atoms with Gasteiger partial charge in [-0.15, -0.1) is 11.3 Å². The molecule has 2 aromatic carbocycles. The van der Waals surface area contributed by atoms with Gasteiger partial charge in [0.05, 0.1) is 11.1 Å². The molecule has 1 aromatic heterocycles. The second kappa shape index (κ2) is 9.26. The molecule has 1 heterocycles. The third-order valence-corrected chi connectivity index (χ3v) is 5.07. The number of halogens is 2. The van der Waals surface area contributed by atoms with Crippen LogP contribution < -0.4 is 14.8 Å². The average Bonchev–Trinajstić information content (AvgIpc) is 3.13. The minimum atomic E-state index is 0.413. The van der Waals surface area contributed by atoms with Gasteiger partial charge in [0, 0.05) is 23.1 Å². The van der Waals surface area contributed by atoms with Crippen LogP contribution in [0.2, 0.25) is 5.02 Å². The van der Waals surface area contributed by atoms with Crippen molar-refractivity contribution in [1.29, 1.82) is 0 Å². The Morgan fingerprint density at radius 1 is 1.19 bits per heavy atom. The van der Waals surface area contributed by atoms with E-state index in [4.69, 9.17) is 21.1 Å². The Morgan fingerprint density at radius 3 is 2.81 bits per heavy atom. The van der Waals surface area contributed by atoms with Crippen molar-refractivity contribution in [2.24, 2.45) is 0 Å². The molecule has 0 bridgehead atoms. The maximum absolute atomic E-state index is 6.04. The molecule has 1 N–H and O–H groups in total. The highest BCUT2D eigenvalue weighted by Gasteiger charge is 2.13. The fourth-order valence-corrected chi connectivity index (χ4v) is 3.74. The molecule has 26 heavy (non-hydrogen) atoms. The molecular weight excluding hydrogens is 436 g/mol. The molecule has 7 heteroatoms. The van der Waals surface area contributed by atoms with E-state index in [0.29, 0.717) is 36.3 Å². The van der Waals surface area contributed by atoms with Gasteiger partial charge in [-0.25, -0.2) is 4.98 Å². The van der Waals surface area contributed by atoms with E-state index >= 15 is 0 Å². The number of aromatic nitrogens is 1. The summed E-state index contributed by atoms with van der Waals surface area (Å²) in [6.07, 6.45) is 1.78. The van der Waals surface area contributed by atoms with Gasteiger partial charge in [-0.2, -0.15) is 0 Å². The van der Waals surface area contributed by atoms with Crippen LogP contribution in [0.5, 0.6) is 11.5 Å². The molecule has 0 unspecified atom stereocenters. The number of ether oxygens (including phenoxy) is 2. The lowest BCUT2D eigenvalue weighted by molar-refractivity contribution is 0.267. The summed E-state index contributed by atoms with van der Waals surface area (Å²) in [7, 11) is 0. The van der Waals surface area contributed by atoms with E-state index in [2.05, 4.69) is 26.2 Å². The summed E-state index contributed by atoms with van der Waals surface area (Å²) >= 11 is 11.2. The third kappa shape index (κ3) is 5.13. The van der Waals surface area contributed by atoms with E-state index in [-0.39, 0.29) is 0 Å². The van der Waals surface area contributed by atoms with Gasteiger partial charge in [-0.3, -0.25) is 0 Å². The van der Waals surface area contributed by atoms with Gasteiger partial charge in [-0.05, 0) is 58.2 Å². The number of nitrogens with one attached hydrogen (secondary N) is 1. The van der Waals surface area contributed by atoms with Gasteiger partial charge in [-0.1, -0.05) is 23.7 Å². The summed E-state index contributed by atoms with van der Waals surface area (Å²) < 4.78 is 12.6. The van der Waals surface area contributed by atoms with Crippen LogP contribution in [0.3, 0.4) is 0 Å². The lowest BCUT2D eigenvalue weighted by Crippen LogP contribution is -2.04. The van der Waals surface area contributed by atoms with Crippen LogP contribution in [-0.4, -0.2) is 11.6 Å². The molecule has 0 radical (unpaired) electrons. The molecule has 136 valence electrons. The zero-order valence-electron chi connectivity index (χ0n) is 14.2. The maximum atomic E-state index is 6.04. The first kappa shape index (κ1) is 19.0. The first-order chi connectivity index (χ1) is 12.7. The quantitative estimate of drug-likeness (QED) is 0.444. The highest BCUT2D eigenvalue weighted by Crippen LogP contribution is 2.37. The number of rotatable bonds is 8. The summed E-state index contributed by atoms with van der Waals surface area (Å²) in [6, 6.07) is 11.6. The van der Waals surface area contributed by atoms with Crippen molar-refractivity contribution in [3.63, 3.8) is 0 Å². The number of nitrogens with zero attached hydrogens (tertiary/aromatic N) is 1. The van der Waals surface area contributed by atoms with Crippen LogP contribution in [0, 0.1) is 0 Å². The van der Waals surface area contributed by atoms with E-state index in [9.17, 15) is 0 Å². The molecule has 0 atom stereocenters. The molecule has 3 rings (SSSR count). The van der Waals surface area contributed by atoms with Gasteiger partial charge in [0.1, 0.15) is 6.61 Å². The maximum Gasteiger partial charge on any atom is 0.182 e.